The molecule has 0 bridgehead atoms. The fourth-order valence-electron chi connectivity index (χ4n) is 3.33. The number of guanidine groups is 1. The first-order valence-electron chi connectivity index (χ1n) is 11.5. The highest BCUT2D eigenvalue weighted by molar-refractivity contribution is 7.95. The predicted octanol–water partition coefficient (Wildman–Crippen LogP) is 1.79. The quantitative estimate of drug-likeness (QED) is 0.1000. The monoisotopic (exact) mass is 591 g/mol. The van der Waals surface area contributed by atoms with Crippen molar-refractivity contribution in [1.82, 2.24) is 14.9 Å². The topological polar surface area (TPSA) is 192 Å². The molecule has 0 unspecified atom stereocenters. The van der Waals surface area contributed by atoms with Crippen molar-refractivity contribution in [2.45, 2.75) is 25.4 Å². The molecule has 206 valence electrons. The third-order valence-corrected chi connectivity index (χ3v) is 7.17. The second-order valence-corrected chi connectivity index (χ2v) is 11.0. The van der Waals surface area contributed by atoms with Crippen LogP contribution in [0.3, 0.4) is 0 Å². The average Bonchev–Trinajstić information content (AvgIpc) is 3.42. The maximum absolute atomic E-state index is 12.9. The van der Waals surface area contributed by atoms with E-state index in [1.807, 2.05) is 0 Å². The van der Waals surface area contributed by atoms with Gasteiger partial charge in [0.15, 0.2) is 11.0 Å². The van der Waals surface area contributed by atoms with Crippen LogP contribution in [0.15, 0.2) is 69.4 Å². The summed E-state index contributed by atoms with van der Waals surface area (Å²) in [5, 5.41) is 5.91. The molecule has 3 aromatic rings. The number of halogens is 1. The lowest BCUT2D eigenvalue weighted by Gasteiger charge is -2.17. The number of nitrogens with zero attached hydrogens (tertiary/aromatic N) is 3. The summed E-state index contributed by atoms with van der Waals surface area (Å²) in [5.41, 5.74) is 10.2. The SMILES string of the molecule is NC(N)=NCCC[C@H](NC(=O)Cn1cccc(NS(=O)(=O)C=Cc2ccc(Cl)cc2)c1=O)C(=O)c1nccs1. The number of aliphatic imine (C=N–C) groups is 1. The fourth-order valence-corrected chi connectivity index (χ4v) is 4.95. The summed E-state index contributed by atoms with van der Waals surface area (Å²) in [6, 6.07) is 8.27. The van der Waals surface area contributed by atoms with Gasteiger partial charge in [0, 0.05) is 29.3 Å². The molecule has 0 spiro atoms. The third-order valence-electron chi connectivity index (χ3n) is 5.14. The van der Waals surface area contributed by atoms with Crippen molar-refractivity contribution in [3.63, 3.8) is 0 Å². The minimum absolute atomic E-state index is 0.0859. The van der Waals surface area contributed by atoms with Gasteiger partial charge in [-0.15, -0.1) is 11.3 Å². The van der Waals surface area contributed by atoms with E-state index >= 15 is 0 Å². The first-order chi connectivity index (χ1) is 18.5. The maximum atomic E-state index is 12.9. The van der Waals surface area contributed by atoms with Gasteiger partial charge in [-0.05, 0) is 48.7 Å². The normalized spacial score (nSPS) is 12.1. The number of ketones is 1. The van der Waals surface area contributed by atoms with Crippen molar-refractivity contribution in [2.24, 2.45) is 16.5 Å². The molecule has 0 aliphatic heterocycles. The molecule has 39 heavy (non-hydrogen) atoms. The minimum Gasteiger partial charge on any atom is -0.370 e. The molecule has 6 N–H and O–H groups in total. The summed E-state index contributed by atoms with van der Waals surface area (Å²) in [6.07, 6.45) is 4.79. The summed E-state index contributed by atoms with van der Waals surface area (Å²) in [7, 11) is -4.04. The molecule has 2 heterocycles. The van der Waals surface area contributed by atoms with Crippen molar-refractivity contribution in [3.8, 4) is 0 Å². The van der Waals surface area contributed by atoms with Crippen molar-refractivity contribution >= 4 is 62.4 Å². The van der Waals surface area contributed by atoms with Crippen molar-refractivity contribution in [1.29, 1.82) is 0 Å². The summed E-state index contributed by atoms with van der Waals surface area (Å²) >= 11 is 6.97. The van der Waals surface area contributed by atoms with Crippen LogP contribution >= 0.6 is 22.9 Å². The van der Waals surface area contributed by atoms with Crippen LogP contribution < -0.4 is 27.1 Å². The number of hydrogen-bond acceptors (Lipinski definition) is 8. The minimum atomic E-state index is -4.04. The van der Waals surface area contributed by atoms with E-state index in [0.29, 0.717) is 17.0 Å². The van der Waals surface area contributed by atoms with E-state index in [9.17, 15) is 22.8 Å². The van der Waals surface area contributed by atoms with Crippen LogP contribution in [-0.2, 0) is 21.4 Å². The average molecular weight is 592 g/mol. The zero-order valence-electron chi connectivity index (χ0n) is 20.5. The van der Waals surface area contributed by atoms with Crippen LogP contribution in [0, 0.1) is 0 Å². The van der Waals surface area contributed by atoms with Gasteiger partial charge in [0.05, 0.1) is 11.4 Å². The zero-order chi connectivity index (χ0) is 28.4. The number of carbonyl (C=O) groups is 2. The van der Waals surface area contributed by atoms with E-state index in [2.05, 4.69) is 20.0 Å². The van der Waals surface area contributed by atoms with Gasteiger partial charge in [0.1, 0.15) is 12.2 Å². The van der Waals surface area contributed by atoms with Crippen LogP contribution in [0.2, 0.25) is 5.02 Å². The first kappa shape index (κ1) is 29.5. The molecule has 1 atom stereocenters. The molecule has 0 saturated carbocycles. The Morgan fingerprint density at radius 3 is 2.62 bits per heavy atom. The number of carbonyl (C=O) groups excluding carboxylic acids is 2. The molecule has 2 aromatic heterocycles. The predicted molar refractivity (Wildman–Crippen MR) is 152 cm³/mol. The Bertz CT molecular complexity index is 1510. The Balaban J connectivity index is 1.69. The number of pyridine rings is 1. The highest BCUT2D eigenvalue weighted by atomic mass is 35.5. The number of sulfonamides is 1. The highest BCUT2D eigenvalue weighted by Crippen LogP contribution is 2.13. The molecule has 0 aliphatic carbocycles. The van der Waals surface area contributed by atoms with Gasteiger partial charge in [-0.3, -0.25) is 24.1 Å². The Kier molecular flexibility index (Phi) is 10.4. The van der Waals surface area contributed by atoms with E-state index in [0.717, 1.165) is 21.3 Å². The molecule has 1 amide bonds. The smallest absolute Gasteiger partial charge is 0.275 e. The van der Waals surface area contributed by atoms with Crippen molar-refractivity contribution < 1.29 is 18.0 Å². The van der Waals surface area contributed by atoms with Gasteiger partial charge >= 0.3 is 0 Å². The Hall–Kier alpha value is -4.01. The van der Waals surface area contributed by atoms with E-state index in [1.165, 1.54) is 30.6 Å². The second kappa shape index (κ2) is 13.7. The zero-order valence-corrected chi connectivity index (χ0v) is 22.9. The number of hydrogen-bond donors (Lipinski definition) is 4. The number of amides is 1. The van der Waals surface area contributed by atoms with Gasteiger partial charge in [-0.25, -0.2) is 13.4 Å². The van der Waals surface area contributed by atoms with Crippen LogP contribution in [0.4, 0.5) is 5.69 Å². The highest BCUT2D eigenvalue weighted by Gasteiger charge is 2.24. The lowest BCUT2D eigenvalue weighted by Crippen LogP contribution is -2.43. The Labute approximate surface area is 233 Å². The number of benzene rings is 1. The van der Waals surface area contributed by atoms with Gasteiger partial charge in [0.25, 0.3) is 15.6 Å². The number of thiazole rings is 1. The van der Waals surface area contributed by atoms with E-state index in [1.54, 1.807) is 29.6 Å². The van der Waals surface area contributed by atoms with Crippen LogP contribution in [0.1, 0.15) is 28.2 Å². The summed E-state index contributed by atoms with van der Waals surface area (Å²) in [6.45, 7) is -0.196. The molecule has 0 radical (unpaired) electrons. The molecule has 0 aliphatic rings. The largest absolute Gasteiger partial charge is 0.370 e. The number of rotatable bonds is 13. The maximum Gasteiger partial charge on any atom is 0.275 e. The van der Waals surface area contributed by atoms with Crippen LogP contribution in [0.25, 0.3) is 6.08 Å². The Morgan fingerprint density at radius 2 is 1.95 bits per heavy atom. The number of nitrogens with one attached hydrogen (secondary N) is 2. The molecule has 1 aromatic carbocycles. The van der Waals surface area contributed by atoms with E-state index in [-0.39, 0.29) is 35.4 Å². The number of anilines is 1. The molecular formula is C24H26ClN7O5S2. The van der Waals surface area contributed by atoms with E-state index in [4.69, 9.17) is 23.1 Å². The molecule has 0 saturated heterocycles. The molecule has 3 rings (SSSR count). The van der Waals surface area contributed by atoms with Gasteiger partial charge in [-0.2, -0.15) is 0 Å². The van der Waals surface area contributed by atoms with Gasteiger partial charge in [0.2, 0.25) is 11.7 Å². The Morgan fingerprint density at radius 1 is 1.21 bits per heavy atom. The fraction of sp³-hybridized carbons (Fsp3) is 0.208. The molecule has 12 nitrogen and oxygen atoms in total. The molecule has 0 fully saturated rings. The number of nitrogens with two attached hydrogens (primary N) is 2. The molecular weight excluding hydrogens is 566 g/mol. The number of Topliss-reactive ketones (excluding diaryl/α,β-unsaturated/α-hetero) is 1. The standard InChI is InChI=1S/C24H26ClN7O5S2/c25-17-7-5-16(6-8-17)9-14-39(36,37)31-19-4-2-12-32(23(19)35)15-20(33)30-18(3-1-10-29-24(26)27)21(34)22-28-11-13-38-22/h2,4-9,11-14,18,31H,1,3,10,15H2,(H,30,33)(H4,26,27,29)/t18-/m0/s1. The molecule has 15 heteroatoms. The summed E-state index contributed by atoms with van der Waals surface area (Å²) in [4.78, 5) is 46.4. The lowest BCUT2D eigenvalue weighted by molar-refractivity contribution is -0.122. The lowest BCUT2D eigenvalue weighted by atomic mass is 10.1. The van der Waals surface area contributed by atoms with Crippen LogP contribution in [-0.4, -0.2) is 48.2 Å². The van der Waals surface area contributed by atoms with Crippen LogP contribution in [0.5, 0.6) is 0 Å². The van der Waals surface area contributed by atoms with Gasteiger partial charge < -0.3 is 21.4 Å². The van der Waals surface area contributed by atoms with Crippen molar-refractivity contribution in [3.05, 3.63) is 85.5 Å². The first-order valence-corrected chi connectivity index (χ1v) is 14.3. The summed E-state index contributed by atoms with van der Waals surface area (Å²) < 4.78 is 28.2. The van der Waals surface area contributed by atoms with Gasteiger partial charge in [-0.1, -0.05) is 23.7 Å². The number of aromatic nitrogens is 2. The van der Waals surface area contributed by atoms with Crippen molar-refractivity contribution in [2.75, 3.05) is 11.3 Å². The second-order valence-electron chi connectivity index (χ2n) is 8.13. The van der Waals surface area contributed by atoms with E-state index < -0.39 is 34.1 Å². The summed E-state index contributed by atoms with van der Waals surface area (Å²) in [5.74, 6) is -1.10. The third kappa shape index (κ3) is 9.35.